The summed E-state index contributed by atoms with van der Waals surface area (Å²) >= 11 is 5.15. The number of anilines is 2. The molecule has 0 bridgehead atoms. The number of thiocarbonyl (C=S) groups is 1. The minimum absolute atomic E-state index is 0.0136. The maximum absolute atomic E-state index is 11.0. The standard InChI is InChI=1S/C13H12N4O2S/c1-9-4-2-6-11(17(18)19)12(9)16-13(20)15-10-5-3-7-14-8-10/h2-8H,1H3,(H2,15,16,20). The van der Waals surface area contributed by atoms with Crippen molar-refractivity contribution >= 4 is 34.4 Å². The normalized spacial score (nSPS) is 9.85. The van der Waals surface area contributed by atoms with Crippen molar-refractivity contribution in [2.75, 3.05) is 10.6 Å². The molecule has 0 spiro atoms. The third-order valence-corrected chi connectivity index (χ3v) is 2.81. The fraction of sp³-hybridized carbons (Fsp3) is 0.0769. The topological polar surface area (TPSA) is 80.1 Å². The van der Waals surface area contributed by atoms with Gasteiger partial charge in [-0.1, -0.05) is 12.1 Å². The zero-order valence-corrected chi connectivity index (χ0v) is 11.5. The Morgan fingerprint density at radius 2 is 2.10 bits per heavy atom. The highest BCUT2D eigenvalue weighted by atomic mass is 32.1. The number of pyridine rings is 1. The minimum atomic E-state index is -0.442. The Labute approximate surface area is 121 Å². The van der Waals surface area contributed by atoms with E-state index in [1.54, 1.807) is 43.6 Å². The molecule has 0 aliphatic carbocycles. The van der Waals surface area contributed by atoms with Gasteiger partial charge in [0, 0.05) is 12.3 Å². The van der Waals surface area contributed by atoms with Crippen LogP contribution in [0.25, 0.3) is 0 Å². The van der Waals surface area contributed by atoms with Crippen molar-refractivity contribution in [3.8, 4) is 0 Å². The van der Waals surface area contributed by atoms with Gasteiger partial charge in [-0.3, -0.25) is 15.1 Å². The van der Waals surface area contributed by atoms with Crippen LogP contribution in [0.5, 0.6) is 0 Å². The molecule has 0 fully saturated rings. The van der Waals surface area contributed by atoms with E-state index in [-0.39, 0.29) is 10.8 Å². The summed E-state index contributed by atoms with van der Waals surface area (Å²) in [4.78, 5) is 14.5. The van der Waals surface area contributed by atoms with Crippen molar-refractivity contribution in [1.29, 1.82) is 0 Å². The maximum Gasteiger partial charge on any atom is 0.293 e. The van der Waals surface area contributed by atoms with Gasteiger partial charge in [0.2, 0.25) is 0 Å². The summed E-state index contributed by atoms with van der Waals surface area (Å²) in [6.07, 6.45) is 3.26. The molecular weight excluding hydrogens is 276 g/mol. The molecule has 0 aliphatic heterocycles. The predicted octanol–water partition coefficient (Wildman–Crippen LogP) is 3.11. The molecule has 0 unspecified atom stereocenters. The largest absolute Gasteiger partial charge is 0.331 e. The van der Waals surface area contributed by atoms with E-state index >= 15 is 0 Å². The van der Waals surface area contributed by atoms with Crippen molar-refractivity contribution < 1.29 is 4.92 Å². The second kappa shape index (κ2) is 6.07. The molecule has 2 aromatic rings. The van der Waals surface area contributed by atoms with E-state index < -0.39 is 4.92 Å². The number of rotatable bonds is 3. The van der Waals surface area contributed by atoms with Crippen molar-refractivity contribution in [1.82, 2.24) is 4.98 Å². The molecule has 0 atom stereocenters. The van der Waals surface area contributed by atoms with E-state index in [0.717, 1.165) is 5.56 Å². The lowest BCUT2D eigenvalue weighted by molar-refractivity contribution is -0.383. The summed E-state index contributed by atoms with van der Waals surface area (Å²) < 4.78 is 0. The van der Waals surface area contributed by atoms with Gasteiger partial charge in [-0.15, -0.1) is 0 Å². The lowest BCUT2D eigenvalue weighted by Gasteiger charge is -2.12. The van der Waals surface area contributed by atoms with Gasteiger partial charge < -0.3 is 10.6 Å². The first-order valence-corrected chi connectivity index (χ1v) is 6.21. The van der Waals surface area contributed by atoms with Crippen molar-refractivity contribution in [3.05, 3.63) is 58.4 Å². The van der Waals surface area contributed by atoms with Crippen LogP contribution in [0.2, 0.25) is 0 Å². The van der Waals surface area contributed by atoms with Gasteiger partial charge in [-0.2, -0.15) is 0 Å². The number of aryl methyl sites for hydroxylation is 1. The maximum atomic E-state index is 11.0. The number of nitro benzene ring substituents is 1. The van der Waals surface area contributed by atoms with E-state index in [1.165, 1.54) is 6.07 Å². The highest BCUT2D eigenvalue weighted by molar-refractivity contribution is 7.80. The Balaban J connectivity index is 2.18. The van der Waals surface area contributed by atoms with E-state index in [2.05, 4.69) is 15.6 Å². The second-order valence-corrected chi connectivity index (χ2v) is 4.46. The summed E-state index contributed by atoms with van der Waals surface area (Å²) in [5.41, 5.74) is 1.83. The van der Waals surface area contributed by atoms with Gasteiger partial charge >= 0.3 is 0 Å². The number of benzene rings is 1. The van der Waals surface area contributed by atoms with Crippen LogP contribution in [0.4, 0.5) is 17.1 Å². The van der Waals surface area contributed by atoms with Gasteiger partial charge in [0.1, 0.15) is 5.69 Å². The van der Waals surface area contributed by atoms with Crippen LogP contribution >= 0.6 is 12.2 Å². The first kappa shape index (κ1) is 13.9. The van der Waals surface area contributed by atoms with E-state index in [4.69, 9.17) is 12.2 Å². The highest BCUT2D eigenvalue weighted by Gasteiger charge is 2.16. The van der Waals surface area contributed by atoms with Crippen LogP contribution in [0.3, 0.4) is 0 Å². The minimum Gasteiger partial charge on any atom is -0.331 e. The number of hydrogen-bond donors (Lipinski definition) is 2. The average Bonchev–Trinajstić information content (AvgIpc) is 2.42. The Morgan fingerprint density at radius 3 is 2.75 bits per heavy atom. The van der Waals surface area contributed by atoms with Crippen LogP contribution < -0.4 is 10.6 Å². The van der Waals surface area contributed by atoms with E-state index in [1.807, 2.05) is 0 Å². The Bertz CT molecular complexity index is 646. The van der Waals surface area contributed by atoms with Gasteiger partial charge in [-0.05, 0) is 36.8 Å². The Morgan fingerprint density at radius 1 is 1.30 bits per heavy atom. The summed E-state index contributed by atoms with van der Waals surface area (Å²) in [6.45, 7) is 1.78. The number of nitro groups is 1. The van der Waals surface area contributed by atoms with Crippen LogP contribution in [0.1, 0.15) is 5.56 Å². The molecule has 0 amide bonds. The number of para-hydroxylation sites is 1. The first-order chi connectivity index (χ1) is 9.58. The molecule has 20 heavy (non-hydrogen) atoms. The molecule has 0 saturated heterocycles. The molecule has 1 heterocycles. The number of hydrogen-bond acceptors (Lipinski definition) is 4. The monoisotopic (exact) mass is 288 g/mol. The summed E-state index contributed by atoms with van der Waals surface area (Å²) in [7, 11) is 0. The SMILES string of the molecule is Cc1cccc([N+](=O)[O-])c1NC(=S)Nc1cccnc1. The lowest BCUT2D eigenvalue weighted by atomic mass is 10.1. The van der Waals surface area contributed by atoms with Crippen LogP contribution in [-0.2, 0) is 0 Å². The zero-order valence-electron chi connectivity index (χ0n) is 10.7. The molecule has 7 heteroatoms. The fourth-order valence-electron chi connectivity index (χ4n) is 1.68. The smallest absolute Gasteiger partial charge is 0.293 e. The molecule has 2 rings (SSSR count). The predicted molar refractivity (Wildman–Crippen MR) is 81.9 cm³/mol. The molecule has 6 nitrogen and oxygen atoms in total. The highest BCUT2D eigenvalue weighted by Crippen LogP contribution is 2.27. The fourth-order valence-corrected chi connectivity index (χ4v) is 1.90. The quantitative estimate of drug-likeness (QED) is 0.513. The number of nitrogens with one attached hydrogen (secondary N) is 2. The molecule has 1 aromatic heterocycles. The third-order valence-electron chi connectivity index (χ3n) is 2.61. The molecular formula is C13H12N4O2S. The molecule has 0 radical (unpaired) electrons. The molecule has 102 valence electrons. The number of nitrogens with zero attached hydrogens (tertiary/aromatic N) is 2. The van der Waals surface area contributed by atoms with Gasteiger partial charge in [0.25, 0.3) is 5.69 Å². The Kier molecular flexibility index (Phi) is 4.21. The molecule has 2 N–H and O–H groups in total. The van der Waals surface area contributed by atoms with Crippen LogP contribution in [0.15, 0.2) is 42.7 Å². The average molecular weight is 288 g/mol. The number of aromatic nitrogens is 1. The van der Waals surface area contributed by atoms with Gasteiger partial charge in [0.15, 0.2) is 5.11 Å². The Hall–Kier alpha value is -2.54. The van der Waals surface area contributed by atoms with Crippen LogP contribution in [-0.4, -0.2) is 15.0 Å². The summed E-state index contributed by atoms with van der Waals surface area (Å²) in [5.74, 6) is 0. The summed E-state index contributed by atoms with van der Waals surface area (Å²) in [6, 6.07) is 8.41. The molecule has 0 aliphatic rings. The molecule has 1 aromatic carbocycles. The van der Waals surface area contributed by atoms with Crippen molar-refractivity contribution in [2.24, 2.45) is 0 Å². The van der Waals surface area contributed by atoms with Crippen LogP contribution in [0, 0.1) is 17.0 Å². The van der Waals surface area contributed by atoms with E-state index in [9.17, 15) is 10.1 Å². The van der Waals surface area contributed by atoms with Crippen molar-refractivity contribution in [3.63, 3.8) is 0 Å². The summed E-state index contributed by atoms with van der Waals surface area (Å²) in [5, 5.41) is 17.1. The first-order valence-electron chi connectivity index (χ1n) is 5.80. The van der Waals surface area contributed by atoms with E-state index in [0.29, 0.717) is 11.4 Å². The lowest BCUT2D eigenvalue weighted by Crippen LogP contribution is -2.20. The van der Waals surface area contributed by atoms with Gasteiger partial charge in [-0.25, -0.2) is 0 Å². The zero-order chi connectivity index (χ0) is 14.5. The van der Waals surface area contributed by atoms with Crippen molar-refractivity contribution in [2.45, 2.75) is 6.92 Å². The van der Waals surface area contributed by atoms with Gasteiger partial charge in [0.05, 0.1) is 16.8 Å². The third kappa shape index (κ3) is 3.27. The second-order valence-electron chi connectivity index (χ2n) is 4.05. The molecule has 0 saturated carbocycles.